The van der Waals surface area contributed by atoms with Gasteiger partial charge in [-0.3, -0.25) is 4.79 Å². The fourth-order valence-electron chi connectivity index (χ4n) is 1.37. The predicted molar refractivity (Wildman–Crippen MR) is 57.5 cm³/mol. The third-order valence-electron chi connectivity index (χ3n) is 2.03. The summed E-state index contributed by atoms with van der Waals surface area (Å²) in [6.45, 7) is 1.56. The molecular formula is C12H11F3O2. The molecule has 0 saturated heterocycles. The summed E-state index contributed by atoms with van der Waals surface area (Å²) in [5.74, 6) is -1.02. The van der Waals surface area contributed by atoms with Crippen molar-refractivity contribution < 1.29 is 23.1 Å². The van der Waals surface area contributed by atoms with E-state index in [1.54, 1.807) is 13.0 Å². The van der Waals surface area contributed by atoms with Crippen LogP contribution in [0.25, 0.3) is 6.08 Å². The molecule has 0 aliphatic carbocycles. The quantitative estimate of drug-likeness (QED) is 0.883. The van der Waals surface area contributed by atoms with E-state index in [0.717, 1.165) is 12.1 Å². The van der Waals surface area contributed by atoms with Gasteiger partial charge in [0.2, 0.25) is 0 Å². The van der Waals surface area contributed by atoms with Crippen LogP contribution in [0.3, 0.4) is 0 Å². The molecular weight excluding hydrogens is 233 g/mol. The number of halogens is 3. The van der Waals surface area contributed by atoms with E-state index >= 15 is 0 Å². The Morgan fingerprint density at radius 3 is 2.53 bits per heavy atom. The average Bonchev–Trinajstić information content (AvgIpc) is 2.14. The number of carboxylic acids is 1. The summed E-state index contributed by atoms with van der Waals surface area (Å²) in [5.41, 5.74) is 0.0980. The molecule has 5 heteroatoms. The Morgan fingerprint density at radius 2 is 2.00 bits per heavy atom. The monoisotopic (exact) mass is 244 g/mol. The first-order valence-corrected chi connectivity index (χ1v) is 4.86. The summed E-state index contributed by atoms with van der Waals surface area (Å²) in [7, 11) is 0. The zero-order valence-electron chi connectivity index (χ0n) is 9.08. The van der Waals surface area contributed by atoms with E-state index < -0.39 is 17.7 Å². The second-order valence-electron chi connectivity index (χ2n) is 3.63. The van der Waals surface area contributed by atoms with Crippen molar-refractivity contribution in [3.05, 3.63) is 41.0 Å². The average molecular weight is 244 g/mol. The minimum Gasteiger partial charge on any atom is -0.481 e. The standard InChI is InChI=1S/C12H11F3O2/c1-8-5-9(3-2-4-11(16)17)7-10(6-8)12(13,14)15/h2-3,5-7H,4H2,1H3,(H,16,17). The normalized spacial score (nSPS) is 12.0. The molecule has 0 aliphatic heterocycles. The van der Waals surface area contributed by atoms with Crippen LogP contribution in [-0.4, -0.2) is 11.1 Å². The molecule has 0 bridgehead atoms. The molecule has 1 rings (SSSR count). The maximum absolute atomic E-state index is 12.5. The maximum Gasteiger partial charge on any atom is 0.416 e. The van der Waals surface area contributed by atoms with Crippen molar-refractivity contribution in [1.82, 2.24) is 0 Å². The highest BCUT2D eigenvalue weighted by Crippen LogP contribution is 2.30. The number of alkyl halides is 3. The van der Waals surface area contributed by atoms with Gasteiger partial charge in [-0.15, -0.1) is 0 Å². The van der Waals surface area contributed by atoms with Crippen molar-refractivity contribution in [3.63, 3.8) is 0 Å². The molecule has 0 radical (unpaired) electrons. The lowest BCUT2D eigenvalue weighted by Gasteiger charge is -2.08. The number of carbonyl (C=O) groups is 1. The molecule has 2 nitrogen and oxygen atoms in total. The molecule has 0 atom stereocenters. The molecule has 0 aliphatic rings. The molecule has 1 N–H and O–H groups in total. The smallest absolute Gasteiger partial charge is 0.416 e. The van der Waals surface area contributed by atoms with E-state index in [1.807, 2.05) is 0 Å². The van der Waals surface area contributed by atoms with Gasteiger partial charge >= 0.3 is 12.1 Å². The lowest BCUT2D eigenvalue weighted by molar-refractivity contribution is -0.138. The Balaban J connectivity index is 2.98. The van der Waals surface area contributed by atoms with E-state index in [-0.39, 0.29) is 6.42 Å². The molecule has 0 spiro atoms. The van der Waals surface area contributed by atoms with Gasteiger partial charge in [0.25, 0.3) is 0 Å². The molecule has 0 amide bonds. The third-order valence-corrected chi connectivity index (χ3v) is 2.03. The highest BCUT2D eigenvalue weighted by molar-refractivity contribution is 5.70. The van der Waals surface area contributed by atoms with Crippen LogP contribution in [-0.2, 0) is 11.0 Å². The van der Waals surface area contributed by atoms with E-state index in [9.17, 15) is 18.0 Å². The van der Waals surface area contributed by atoms with E-state index in [4.69, 9.17) is 5.11 Å². The number of aryl methyl sites for hydroxylation is 1. The van der Waals surface area contributed by atoms with Crippen molar-refractivity contribution in [2.24, 2.45) is 0 Å². The highest BCUT2D eigenvalue weighted by Gasteiger charge is 2.30. The number of aliphatic carboxylic acids is 1. The molecule has 0 aromatic heterocycles. The van der Waals surface area contributed by atoms with Gasteiger partial charge < -0.3 is 5.11 Å². The molecule has 17 heavy (non-hydrogen) atoms. The number of benzene rings is 1. The minimum atomic E-state index is -4.39. The number of hydrogen-bond acceptors (Lipinski definition) is 1. The topological polar surface area (TPSA) is 37.3 Å². The summed E-state index contributed by atoms with van der Waals surface area (Å²) in [4.78, 5) is 10.3. The Hall–Kier alpha value is -1.78. The fraction of sp³-hybridized carbons (Fsp3) is 0.250. The minimum absolute atomic E-state index is 0.213. The fourth-order valence-corrected chi connectivity index (χ4v) is 1.37. The van der Waals surface area contributed by atoms with Crippen LogP contribution in [0.2, 0.25) is 0 Å². The van der Waals surface area contributed by atoms with Crippen molar-refractivity contribution >= 4 is 12.0 Å². The van der Waals surface area contributed by atoms with Gasteiger partial charge in [0.15, 0.2) is 0 Å². The van der Waals surface area contributed by atoms with Gasteiger partial charge in [0.05, 0.1) is 12.0 Å². The van der Waals surface area contributed by atoms with Crippen LogP contribution < -0.4 is 0 Å². The van der Waals surface area contributed by atoms with E-state index in [2.05, 4.69) is 0 Å². The first-order chi connectivity index (χ1) is 7.79. The van der Waals surface area contributed by atoms with Crippen LogP contribution in [0.15, 0.2) is 24.3 Å². The summed E-state index contributed by atoms with van der Waals surface area (Å²) in [5, 5.41) is 8.40. The molecule has 0 fully saturated rings. The SMILES string of the molecule is Cc1cc(C=CCC(=O)O)cc(C(F)(F)F)c1. The van der Waals surface area contributed by atoms with Crippen LogP contribution in [0.5, 0.6) is 0 Å². The zero-order chi connectivity index (χ0) is 13.1. The van der Waals surface area contributed by atoms with Gasteiger partial charge in [0, 0.05) is 0 Å². The summed E-state index contributed by atoms with van der Waals surface area (Å²) < 4.78 is 37.4. The zero-order valence-corrected chi connectivity index (χ0v) is 9.08. The first kappa shape index (κ1) is 13.3. The Kier molecular flexibility index (Phi) is 3.93. The van der Waals surface area contributed by atoms with Crippen molar-refractivity contribution in [3.8, 4) is 0 Å². The molecule has 1 aromatic rings. The first-order valence-electron chi connectivity index (χ1n) is 4.86. The third kappa shape index (κ3) is 4.30. The lowest BCUT2D eigenvalue weighted by Crippen LogP contribution is -2.05. The second kappa shape index (κ2) is 5.03. The number of carboxylic acid groups (broad SMARTS) is 1. The Morgan fingerprint density at radius 1 is 1.35 bits per heavy atom. The van der Waals surface area contributed by atoms with Crippen molar-refractivity contribution in [2.45, 2.75) is 19.5 Å². The van der Waals surface area contributed by atoms with Gasteiger partial charge in [-0.2, -0.15) is 13.2 Å². The summed E-state index contributed by atoms with van der Waals surface area (Å²) >= 11 is 0. The summed E-state index contributed by atoms with van der Waals surface area (Å²) in [6.07, 6.45) is -1.91. The molecule has 0 saturated carbocycles. The predicted octanol–water partition coefficient (Wildman–Crippen LogP) is 3.50. The highest BCUT2D eigenvalue weighted by atomic mass is 19.4. The summed E-state index contributed by atoms with van der Waals surface area (Å²) in [6, 6.07) is 3.60. The van der Waals surface area contributed by atoms with Crippen LogP contribution in [0.1, 0.15) is 23.1 Å². The van der Waals surface area contributed by atoms with Gasteiger partial charge in [-0.25, -0.2) is 0 Å². The Bertz CT molecular complexity index is 448. The molecule has 0 heterocycles. The van der Waals surface area contributed by atoms with Gasteiger partial charge in [-0.05, 0) is 30.2 Å². The largest absolute Gasteiger partial charge is 0.481 e. The van der Waals surface area contributed by atoms with Gasteiger partial charge in [0.1, 0.15) is 0 Å². The second-order valence-corrected chi connectivity index (χ2v) is 3.63. The van der Waals surface area contributed by atoms with E-state index in [0.29, 0.717) is 11.1 Å². The molecule has 92 valence electrons. The number of hydrogen-bond donors (Lipinski definition) is 1. The maximum atomic E-state index is 12.5. The van der Waals surface area contributed by atoms with Gasteiger partial charge in [-0.1, -0.05) is 18.2 Å². The van der Waals surface area contributed by atoms with Crippen LogP contribution >= 0.6 is 0 Å². The van der Waals surface area contributed by atoms with Crippen LogP contribution in [0.4, 0.5) is 13.2 Å². The van der Waals surface area contributed by atoms with Crippen molar-refractivity contribution in [2.75, 3.05) is 0 Å². The lowest BCUT2D eigenvalue weighted by atomic mass is 10.1. The Labute approximate surface area is 96.4 Å². The van der Waals surface area contributed by atoms with Crippen LogP contribution in [0, 0.1) is 6.92 Å². The van der Waals surface area contributed by atoms with E-state index in [1.165, 1.54) is 12.2 Å². The molecule has 1 aromatic carbocycles. The number of rotatable bonds is 3. The van der Waals surface area contributed by atoms with Crippen molar-refractivity contribution in [1.29, 1.82) is 0 Å². The molecule has 0 unspecified atom stereocenters.